The molecule has 144 valence electrons. The fraction of sp³-hybridized carbons (Fsp3) is 0.316. The first-order valence-corrected chi connectivity index (χ1v) is 8.91. The molecule has 2 aromatic rings. The molecular formula is C19H19ClF3N3O. The fourth-order valence-electron chi connectivity index (χ4n) is 3.05. The van der Waals surface area contributed by atoms with Gasteiger partial charge in [-0.1, -0.05) is 29.8 Å². The van der Waals surface area contributed by atoms with Crippen molar-refractivity contribution in [2.24, 2.45) is 0 Å². The first kappa shape index (κ1) is 19.4. The molecule has 1 fully saturated rings. The zero-order valence-electron chi connectivity index (χ0n) is 14.5. The van der Waals surface area contributed by atoms with Gasteiger partial charge in [0.2, 0.25) is 5.91 Å². The summed E-state index contributed by atoms with van der Waals surface area (Å²) in [6, 6.07) is 12.7. The van der Waals surface area contributed by atoms with Crippen LogP contribution in [0.2, 0.25) is 5.02 Å². The number of amides is 1. The van der Waals surface area contributed by atoms with Gasteiger partial charge in [-0.25, -0.2) is 0 Å². The van der Waals surface area contributed by atoms with E-state index in [-0.39, 0.29) is 18.1 Å². The van der Waals surface area contributed by atoms with Gasteiger partial charge in [-0.2, -0.15) is 13.2 Å². The number of nitrogens with one attached hydrogen (secondary N) is 1. The number of halogens is 4. The number of nitrogens with zero attached hydrogens (tertiary/aromatic N) is 2. The van der Waals surface area contributed by atoms with Crippen molar-refractivity contribution in [3.05, 3.63) is 59.1 Å². The maximum Gasteiger partial charge on any atom is 0.418 e. The minimum absolute atomic E-state index is 0.0871. The molecule has 0 spiro atoms. The third-order valence-corrected chi connectivity index (χ3v) is 4.70. The van der Waals surface area contributed by atoms with Crippen molar-refractivity contribution in [2.45, 2.75) is 6.18 Å². The van der Waals surface area contributed by atoms with Crippen LogP contribution in [0.5, 0.6) is 0 Å². The van der Waals surface area contributed by atoms with Crippen LogP contribution in [0.15, 0.2) is 48.5 Å². The molecule has 1 amide bonds. The number of anilines is 2. The molecule has 0 saturated carbocycles. The zero-order chi connectivity index (χ0) is 19.4. The average Bonchev–Trinajstić information content (AvgIpc) is 2.66. The second kappa shape index (κ2) is 8.08. The van der Waals surface area contributed by atoms with E-state index in [1.165, 1.54) is 18.2 Å². The summed E-state index contributed by atoms with van der Waals surface area (Å²) in [7, 11) is 0. The second-order valence-corrected chi connectivity index (χ2v) is 6.68. The Labute approximate surface area is 160 Å². The van der Waals surface area contributed by atoms with Crippen molar-refractivity contribution in [2.75, 3.05) is 42.9 Å². The van der Waals surface area contributed by atoms with Gasteiger partial charge in [0.25, 0.3) is 0 Å². The third-order valence-electron chi connectivity index (χ3n) is 4.47. The van der Waals surface area contributed by atoms with Gasteiger partial charge in [0.05, 0.1) is 12.1 Å². The Bertz CT molecular complexity index is 805. The summed E-state index contributed by atoms with van der Waals surface area (Å²) in [5.41, 5.74) is 0.131. The molecule has 0 aliphatic carbocycles. The summed E-state index contributed by atoms with van der Waals surface area (Å²) in [4.78, 5) is 16.2. The van der Waals surface area contributed by atoms with Crippen LogP contribution in [0.3, 0.4) is 0 Å². The monoisotopic (exact) mass is 397 g/mol. The molecular weight excluding hydrogens is 379 g/mol. The standard InChI is InChI=1S/C19H19ClF3N3O/c20-14-4-3-5-15(12-14)25-8-10-26(11-9-25)18(27)13-24-17-7-2-1-6-16(17)19(21,22)23/h1-7,12,24H,8-11,13H2. The van der Waals surface area contributed by atoms with Crippen LogP contribution in [0.4, 0.5) is 24.5 Å². The number of carbonyl (C=O) groups is 1. The highest BCUT2D eigenvalue weighted by Crippen LogP contribution is 2.34. The Morgan fingerprint density at radius 1 is 1.04 bits per heavy atom. The Hall–Kier alpha value is -2.41. The van der Waals surface area contributed by atoms with Crippen molar-refractivity contribution < 1.29 is 18.0 Å². The molecule has 1 heterocycles. The Balaban J connectivity index is 1.55. The van der Waals surface area contributed by atoms with Crippen LogP contribution in [0.1, 0.15) is 5.56 Å². The molecule has 1 aliphatic heterocycles. The summed E-state index contributed by atoms with van der Waals surface area (Å²) < 4.78 is 39.0. The van der Waals surface area contributed by atoms with Crippen molar-refractivity contribution in [1.29, 1.82) is 0 Å². The van der Waals surface area contributed by atoms with E-state index >= 15 is 0 Å². The molecule has 1 saturated heterocycles. The van der Waals surface area contributed by atoms with E-state index in [1.807, 2.05) is 18.2 Å². The molecule has 0 atom stereocenters. The molecule has 1 N–H and O–H groups in total. The van der Waals surface area contributed by atoms with E-state index in [1.54, 1.807) is 11.0 Å². The number of rotatable bonds is 4. The van der Waals surface area contributed by atoms with E-state index in [9.17, 15) is 18.0 Å². The summed E-state index contributed by atoms with van der Waals surface area (Å²) >= 11 is 6.01. The van der Waals surface area contributed by atoms with Crippen molar-refractivity contribution in [1.82, 2.24) is 4.90 Å². The van der Waals surface area contributed by atoms with Gasteiger partial charge in [0.15, 0.2) is 0 Å². The van der Waals surface area contributed by atoms with Crippen LogP contribution in [0.25, 0.3) is 0 Å². The van der Waals surface area contributed by atoms with Gasteiger partial charge >= 0.3 is 6.18 Å². The number of benzene rings is 2. The highest BCUT2D eigenvalue weighted by atomic mass is 35.5. The zero-order valence-corrected chi connectivity index (χ0v) is 15.2. The fourth-order valence-corrected chi connectivity index (χ4v) is 3.24. The van der Waals surface area contributed by atoms with Crippen LogP contribution < -0.4 is 10.2 Å². The van der Waals surface area contributed by atoms with E-state index in [0.717, 1.165) is 11.8 Å². The molecule has 4 nitrogen and oxygen atoms in total. The molecule has 0 bridgehead atoms. The molecule has 0 unspecified atom stereocenters. The molecule has 0 aromatic heterocycles. The number of carbonyl (C=O) groups excluding carboxylic acids is 1. The lowest BCUT2D eigenvalue weighted by Gasteiger charge is -2.36. The molecule has 0 radical (unpaired) electrons. The van der Waals surface area contributed by atoms with E-state index in [2.05, 4.69) is 10.2 Å². The number of alkyl halides is 3. The van der Waals surface area contributed by atoms with E-state index in [0.29, 0.717) is 31.2 Å². The topological polar surface area (TPSA) is 35.6 Å². The number of hydrogen-bond donors (Lipinski definition) is 1. The largest absolute Gasteiger partial charge is 0.418 e. The van der Waals surface area contributed by atoms with E-state index < -0.39 is 11.7 Å². The second-order valence-electron chi connectivity index (χ2n) is 6.24. The molecule has 2 aromatic carbocycles. The summed E-state index contributed by atoms with van der Waals surface area (Å²) in [5, 5.41) is 3.28. The van der Waals surface area contributed by atoms with Crippen LogP contribution in [-0.4, -0.2) is 43.5 Å². The minimum atomic E-state index is -4.46. The van der Waals surface area contributed by atoms with Gasteiger partial charge < -0.3 is 15.1 Å². The highest BCUT2D eigenvalue weighted by Gasteiger charge is 2.33. The average molecular weight is 398 g/mol. The molecule has 8 heteroatoms. The van der Waals surface area contributed by atoms with Gasteiger partial charge in [-0.3, -0.25) is 4.79 Å². The number of piperazine rings is 1. The highest BCUT2D eigenvalue weighted by molar-refractivity contribution is 6.30. The molecule has 1 aliphatic rings. The normalized spacial score (nSPS) is 15.0. The van der Waals surface area contributed by atoms with Crippen LogP contribution in [0, 0.1) is 0 Å². The van der Waals surface area contributed by atoms with Gasteiger partial charge in [0, 0.05) is 42.6 Å². The Morgan fingerprint density at radius 2 is 1.74 bits per heavy atom. The summed E-state index contributed by atoms with van der Waals surface area (Å²) in [6.07, 6.45) is -4.46. The third kappa shape index (κ3) is 4.86. The predicted octanol–water partition coefficient (Wildman–Crippen LogP) is 4.12. The molecule has 3 rings (SSSR count). The van der Waals surface area contributed by atoms with Crippen LogP contribution >= 0.6 is 11.6 Å². The van der Waals surface area contributed by atoms with Gasteiger partial charge in [-0.15, -0.1) is 0 Å². The first-order chi connectivity index (χ1) is 12.8. The number of hydrogen-bond acceptors (Lipinski definition) is 3. The van der Waals surface area contributed by atoms with Crippen molar-refractivity contribution >= 4 is 28.9 Å². The maximum atomic E-state index is 13.0. The smallest absolute Gasteiger partial charge is 0.376 e. The minimum Gasteiger partial charge on any atom is -0.376 e. The Morgan fingerprint density at radius 3 is 2.41 bits per heavy atom. The van der Waals surface area contributed by atoms with Gasteiger partial charge in [0.1, 0.15) is 0 Å². The van der Waals surface area contributed by atoms with Crippen LogP contribution in [-0.2, 0) is 11.0 Å². The number of para-hydroxylation sites is 1. The lowest BCUT2D eigenvalue weighted by atomic mass is 10.1. The van der Waals surface area contributed by atoms with E-state index in [4.69, 9.17) is 11.6 Å². The quantitative estimate of drug-likeness (QED) is 0.843. The lowest BCUT2D eigenvalue weighted by molar-refractivity contribution is -0.137. The SMILES string of the molecule is O=C(CNc1ccccc1C(F)(F)F)N1CCN(c2cccc(Cl)c2)CC1. The Kier molecular flexibility index (Phi) is 5.79. The van der Waals surface area contributed by atoms with Crippen molar-refractivity contribution in [3.8, 4) is 0 Å². The lowest BCUT2D eigenvalue weighted by Crippen LogP contribution is -2.50. The predicted molar refractivity (Wildman–Crippen MR) is 100 cm³/mol. The first-order valence-electron chi connectivity index (χ1n) is 8.53. The van der Waals surface area contributed by atoms with Gasteiger partial charge in [-0.05, 0) is 30.3 Å². The molecule has 27 heavy (non-hydrogen) atoms. The maximum absolute atomic E-state index is 13.0. The summed E-state index contributed by atoms with van der Waals surface area (Å²) in [6.45, 7) is 2.13. The summed E-state index contributed by atoms with van der Waals surface area (Å²) in [5.74, 6) is -0.224. The van der Waals surface area contributed by atoms with Crippen molar-refractivity contribution in [3.63, 3.8) is 0 Å².